The summed E-state index contributed by atoms with van der Waals surface area (Å²) < 4.78 is 3.37. The molecule has 0 bridgehead atoms. The van der Waals surface area contributed by atoms with Crippen LogP contribution in [0.25, 0.3) is 10.9 Å². The van der Waals surface area contributed by atoms with Crippen molar-refractivity contribution in [1.82, 2.24) is 9.78 Å². The lowest BCUT2D eigenvalue weighted by Crippen LogP contribution is -2.24. The first-order valence-electron chi connectivity index (χ1n) is 5.52. The second kappa shape index (κ2) is 4.42. The Hall–Kier alpha value is -1.88. The predicted octanol–water partition coefficient (Wildman–Crippen LogP) is 2.48. The third-order valence-corrected chi connectivity index (χ3v) is 3.43. The molecule has 3 rings (SSSR count). The molecule has 0 unspecified atom stereocenters. The molecule has 0 spiro atoms. The van der Waals surface area contributed by atoms with E-state index < -0.39 is 0 Å². The lowest BCUT2D eigenvalue weighted by atomic mass is 10.2. The normalized spacial score (nSPS) is 10.9. The Kier molecular flexibility index (Phi) is 2.76. The number of hydrogen-bond acceptors (Lipinski definition) is 2. The minimum Gasteiger partial charge on any atom is -0.619 e. The lowest BCUT2D eigenvalue weighted by molar-refractivity contribution is -0.604. The molecule has 18 heavy (non-hydrogen) atoms. The minimum atomic E-state index is 0.654. The zero-order chi connectivity index (χ0) is 12.5. The number of nitrogens with zero attached hydrogens (tertiary/aromatic N) is 3. The van der Waals surface area contributed by atoms with Gasteiger partial charge in [0.1, 0.15) is 5.52 Å². The van der Waals surface area contributed by atoms with Crippen LogP contribution in [0.2, 0.25) is 0 Å². The van der Waals surface area contributed by atoms with Crippen LogP contribution >= 0.6 is 15.9 Å². The van der Waals surface area contributed by atoms with Gasteiger partial charge in [-0.3, -0.25) is 4.68 Å². The van der Waals surface area contributed by atoms with Gasteiger partial charge in [-0.15, -0.1) is 0 Å². The van der Waals surface area contributed by atoms with Gasteiger partial charge < -0.3 is 5.21 Å². The Morgan fingerprint density at radius 3 is 2.78 bits per heavy atom. The van der Waals surface area contributed by atoms with E-state index in [1.54, 1.807) is 6.20 Å². The van der Waals surface area contributed by atoms with Crippen molar-refractivity contribution >= 4 is 26.8 Å². The van der Waals surface area contributed by atoms with Crippen molar-refractivity contribution in [2.75, 3.05) is 0 Å². The van der Waals surface area contributed by atoms with Gasteiger partial charge in [0, 0.05) is 5.39 Å². The van der Waals surface area contributed by atoms with E-state index >= 15 is 0 Å². The summed E-state index contributed by atoms with van der Waals surface area (Å²) >= 11 is 3.37. The van der Waals surface area contributed by atoms with Crippen LogP contribution in [-0.4, -0.2) is 9.78 Å². The Bertz CT molecular complexity index is 694. The van der Waals surface area contributed by atoms with Crippen LogP contribution in [0, 0.1) is 5.21 Å². The van der Waals surface area contributed by atoms with Crippen molar-refractivity contribution in [2.24, 2.45) is 0 Å². The van der Waals surface area contributed by atoms with Crippen LogP contribution in [0.15, 0.2) is 53.4 Å². The molecule has 5 heteroatoms. The van der Waals surface area contributed by atoms with E-state index in [0.717, 1.165) is 25.7 Å². The van der Waals surface area contributed by atoms with Gasteiger partial charge >= 0.3 is 0 Å². The highest BCUT2D eigenvalue weighted by atomic mass is 79.9. The molecule has 0 amide bonds. The van der Waals surface area contributed by atoms with Gasteiger partial charge in [0.2, 0.25) is 6.20 Å². The highest BCUT2D eigenvalue weighted by Crippen LogP contribution is 2.21. The van der Waals surface area contributed by atoms with Crippen LogP contribution < -0.4 is 4.73 Å². The van der Waals surface area contributed by atoms with Crippen LogP contribution in [0.5, 0.6) is 0 Å². The molecule has 4 nitrogen and oxygen atoms in total. The number of rotatable bonds is 2. The number of benzene rings is 1. The molecule has 0 saturated carbocycles. The van der Waals surface area contributed by atoms with Crippen molar-refractivity contribution in [2.45, 2.75) is 6.54 Å². The van der Waals surface area contributed by atoms with Crippen molar-refractivity contribution < 1.29 is 4.73 Å². The van der Waals surface area contributed by atoms with Crippen molar-refractivity contribution in [3.8, 4) is 0 Å². The van der Waals surface area contributed by atoms with E-state index in [1.807, 2.05) is 35.0 Å². The summed E-state index contributed by atoms with van der Waals surface area (Å²) in [6, 6.07) is 10.0. The van der Waals surface area contributed by atoms with Gasteiger partial charge in [-0.05, 0) is 21.5 Å². The number of pyridine rings is 1. The highest BCUT2D eigenvalue weighted by Gasteiger charge is 2.10. The quantitative estimate of drug-likeness (QED) is 0.539. The summed E-state index contributed by atoms with van der Waals surface area (Å²) in [5, 5.41) is 16.7. The van der Waals surface area contributed by atoms with Crippen molar-refractivity contribution in [1.29, 1.82) is 0 Å². The molecule has 0 aliphatic carbocycles. The third kappa shape index (κ3) is 1.97. The zero-order valence-corrected chi connectivity index (χ0v) is 11.0. The maximum atomic E-state index is 11.5. The minimum absolute atomic E-state index is 0.654. The molecule has 0 fully saturated rings. The Morgan fingerprint density at radius 2 is 2.00 bits per heavy atom. The van der Waals surface area contributed by atoms with Crippen molar-refractivity contribution in [3.05, 3.63) is 64.2 Å². The first-order chi connectivity index (χ1) is 8.74. The zero-order valence-electron chi connectivity index (χ0n) is 9.45. The second-order valence-corrected chi connectivity index (χ2v) is 4.91. The molecule has 0 N–H and O–H groups in total. The summed E-state index contributed by atoms with van der Waals surface area (Å²) in [5.74, 6) is 0. The fourth-order valence-corrected chi connectivity index (χ4v) is 2.44. The standard InChI is InChI=1S/C13H10BrN3O/c14-12-8-16(18)9-13-11(12)6-15-17(13)7-10-4-2-1-3-5-10/h1-6,8-9H,7H2. The van der Waals surface area contributed by atoms with Gasteiger partial charge in [-0.1, -0.05) is 30.3 Å². The molecule has 3 aromatic rings. The average molecular weight is 304 g/mol. The van der Waals surface area contributed by atoms with E-state index in [-0.39, 0.29) is 0 Å². The van der Waals surface area contributed by atoms with Gasteiger partial charge in [-0.25, -0.2) is 0 Å². The monoisotopic (exact) mass is 303 g/mol. The van der Waals surface area contributed by atoms with E-state index in [0.29, 0.717) is 6.54 Å². The highest BCUT2D eigenvalue weighted by molar-refractivity contribution is 9.10. The molecule has 1 aromatic carbocycles. The van der Waals surface area contributed by atoms with Crippen LogP contribution in [0.4, 0.5) is 0 Å². The molecule has 0 aliphatic heterocycles. The number of hydrogen-bond donors (Lipinski definition) is 0. The number of halogens is 1. The summed E-state index contributed by atoms with van der Waals surface area (Å²) in [4.78, 5) is 0. The largest absolute Gasteiger partial charge is 0.619 e. The average Bonchev–Trinajstić information content (AvgIpc) is 2.74. The van der Waals surface area contributed by atoms with Gasteiger partial charge in [0.25, 0.3) is 0 Å². The molecule has 2 aromatic heterocycles. The molecular weight excluding hydrogens is 294 g/mol. The molecule has 90 valence electrons. The van der Waals surface area contributed by atoms with E-state index in [2.05, 4.69) is 21.0 Å². The maximum Gasteiger partial charge on any atom is 0.206 e. The number of fused-ring (bicyclic) bond motifs is 1. The first-order valence-corrected chi connectivity index (χ1v) is 6.31. The number of aromatic nitrogens is 3. The maximum absolute atomic E-state index is 11.5. The Balaban J connectivity index is 2.08. The Morgan fingerprint density at radius 1 is 1.22 bits per heavy atom. The molecule has 2 heterocycles. The molecule has 0 radical (unpaired) electrons. The van der Waals surface area contributed by atoms with E-state index in [1.165, 1.54) is 12.4 Å². The summed E-state index contributed by atoms with van der Waals surface area (Å²) in [5.41, 5.74) is 1.98. The van der Waals surface area contributed by atoms with E-state index in [9.17, 15) is 5.21 Å². The van der Waals surface area contributed by atoms with Crippen LogP contribution in [0.1, 0.15) is 5.56 Å². The predicted molar refractivity (Wildman–Crippen MR) is 71.9 cm³/mol. The third-order valence-electron chi connectivity index (χ3n) is 2.80. The van der Waals surface area contributed by atoms with Crippen LogP contribution in [-0.2, 0) is 6.54 Å². The fraction of sp³-hybridized carbons (Fsp3) is 0.0769. The smallest absolute Gasteiger partial charge is 0.206 e. The lowest BCUT2D eigenvalue weighted by Gasteiger charge is -2.04. The topological polar surface area (TPSA) is 44.8 Å². The summed E-state index contributed by atoms with van der Waals surface area (Å²) in [6.45, 7) is 0.654. The van der Waals surface area contributed by atoms with E-state index in [4.69, 9.17) is 0 Å². The molecular formula is C13H10BrN3O. The molecule has 0 atom stereocenters. The Labute approximate surface area is 112 Å². The van der Waals surface area contributed by atoms with Gasteiger partial charge in [0.05, 0.1) is 17.2 Å². The summed E-state index contributed by atoms with van der Waals surface area (Å²) in [6.07, 6.45) is 4.79. The first kappa shape index (κ1) is 11.2. The van der Waals surface area contributed by atoms with Crippen LogP contribution in [0.3, 0.4) is 0 Å². The molecule has 0 saturated heterocycles. The summed E-state index contributed by atoms with van der Waals surface area (Å²) in [7, 11) is 0. The van der Waals surface area contributed by atoms with Gasteiger partial charge in [0.15, 0.2) is 6.20 Å². The van der Waals surface area contributed by atoms with Crippen molar-refractivity contribution in [3.63, 3.8) is 0 Å². The SMILES string of the molecule is [O-][n+]1cc(Br)c2cnn(Cc3ccccc3)c2c1. The van der Waals surface area contributed by atoms with Gasteiger partial charge in [-0.2, -0.15) is 9.83 Å². The molecule has 0 aliphatic rings. The second-order valence-electron chi connectivity index (χ2n) is 4.05. The fourth-order valence-electron chi connectivity index (χ4n) is 1.94.